The quantitative estimate of drug-likeness (QED) is 0.442. The Labute approximate surface area is 123 Å². The third-order valence-electron chi connectivity index (χ3n) is 0. The van der Waals surface area contributed by atoms with E-state index in [0.29, 0.717) is 0 Å². The van der Waals surface area contributed by atoms with Crippen molar-refractivity contribution in [1.82, 2.24) is 0 Å². The van der Waals surface area contributed by atoms with Crippen molar-refractivity contribution in [3.05, 3.63) is 0 Å². The number of hydrogen-bond acceptors (Lipinski definition) is 1. The van der Waals surface area contributed by atoms with Gasteiger partial charge in [0.2, 0.25) is 0 Å². The van der Waals surface area contributed by atoms with E-state index in [-0.39, 0.29) is 123 Å². The molecule has 5 heteroatoms. The SMILES string of the molecule is [La].[MgH2].[O]=[GaH].[SrH2]. The molecular weight excluding hydrogens is 337 g/mol. The van der Waals surface area contributed by atoms with Gasteiger partial charge in [0.05, 0.1) is 0 Å². The summed E-state index contributed by atoms with van der Waals surface area (Å²) < 4.78 is 8.38. The standard InChI is InChI=1S/Ga.La.Mg.O.Sr.5H. The Hall–Kier alpha value is 3.88. The fourth-order valence-corrected chi connectivity index (χ4v) is 0. The molecule has 0 bridgehead atoms. The first-order valence-electron chi connectivity index (χ1n) is 0.289. The van der Waals surface area contributed by atoms with E-state index in [4.69, 9.17) is 3.54 Å². The zero-order valence-corrected chi connectivity index (χ0v) is 8.29. The first-order chi connectivity index (χ1) is 1.00. The normalized spacial score (nSPS) is 0.600. The van der Waals surface area contributed by atoms with Crippen molar-refractivity contribution in [3.63, 3.8) is 0 Å². The fourth-order valence-electron chi connectivity index (χ4n) is 0. The maximum absolute atomic E-state index is 8.38. The van der Waals surface area contributed by atoms with Crippen molar-refractivity contribution in [2.24, 2.45) is 0 Å². The second-order valence-corrected chi connectivity index (χ2v) is 0. The van der Waals surface area contributed by atoms with E-state index in [2.05, 4.69) is 0 Å². The molecule has 0 aromatic rings. The van der Waals surface area contributed by atoms with Crippen LogP contribution < -0.4 is 0 Å². The molecule has 0 aromatic carbocycles. The summed E-state index contributed by atoms with van der Waals surface area (Å²) >= 11 is 0.125. The van der Waals surface area contributed by atoms with Crippen molar-refractivity contribution in [1.29, 1.82) is 0 Å². The van der Waals surface area contributed by atoms with E-state index in [1.54, 1.807) is 0 Å². The summed E-state index contributed by atoms with van der Waals surface area (Å²) in [5.74, 6) is 0. The molecule has 0 amide bonds. The predicted octanol–water partition coefficient (Wildman–Crippen LogP) is -2.60. The molecule has 0 aliphatic carbocycles. The summed E-state index contributed by atoms with van der Waals surface area (Å²) in [4.78, 5) is 0. The molecule has 0 atom stereocenters. The third kappa shape index (κ3) is 18.1. The van der Waals surface area contributed by atoms with Gasteiger partial charge in [-0.15, -0.1) is 0 Å². The summed E-state index contributed by atoms with van der Waals surface area (Å²) in [6.07, 6.45) is 0. The van der Waals surface area contributed by atoms with Crippen LogP contribution in [0.15, 0.2) is 0 Å². The van der Waals surface area contributed by atoms with Gasteiger partial charge >= 0.3 is 90.6 Å². The first kappa shape index (κ1) is 23.2. The van der Waals surface area contributed by atoms with Crippen LogP contribution >= 0.6 is 0 Å². The molecule has 0 saturated carbocycles. The van der Waals surface area contributed by atoms with E-state index in [0.717, 1.165) is 0 Å². The van der Waals surface area contributed by atoms with Crippen LogP contribution in [-0.4, -0.2) is 87.1 Å². The maximum atomic E-state index is 8.38. The zero-order valence-electron chi connectivity index (χ0n) is 1.69. The molecule has 0 N–H and O–H groups in total. The van der Waals surface area contributed by atoms with Crippen LogP contribution in [0.2, 0.25) is 0 Å². The summed E-state index contributed by atoms with van der Waals surface area (Å²) in [5.41, 5.74) is 0. The topological polar surface area (TPSA) is 17.1 Å². The molecule has 1 radical (unpaired) electrons. The Balaban J connectivity index is -0.00000000167. The van der Waals surface area contributed by atoms with Crippen molar-refractivity contribution in [2.75, 3.05) is 0 Å². The molecule has 0 unspecified atom stereocenters. The molecule has 0 aliphatic heterocycles. The van der Waals surface area contributed by atoms with Gasteiger partial charge in [0.15, 0.2) is 0 Å². The Morgan fingerprint density at radius 2 is 1.20 bits per heavy atom. The minimum atomic E-state index is 0. The molecule has 1 nitrogen and oxygen atoms in total. The van der Waals surface area contributed by atoms with Crippen molar-refractivity contribution in [3.8, 4) is 0 Å². The van der Waals surface area contributed by atoms with E-state index < -0.39 is 0 Å². The average molecular weight is 342 g/mol. The van der Waals surface area contributed by atoms with Crippen LogP contribution in [-0.2, 0) is 3.54 Å². The van der Waals surface area contributed by atoms with E-state index in [1.807, 2.05) is 0 Å². The van der Waals surface area contributed by atoms with Gasteiger partial charge in [-0.2, -0.15) is 0 Å². The summed E-state index contributed by atoms with van der Waals surface area (Å²) in [5, 5.41) is 0. The Morgan fingerprint density at radius 3 is 1.20 bits per heavy atom. The van der Waals surface area contributed by atoms with Gasteiger partial charge in [-0.25, -0.2) is 0 Å². The molecule has 21 valence electrons. The van der Waals surface area contributed by atoms with Crippen LogP contribution in [0.1, 0.15) is 0 Å². The zero-order chi connectivity index (χ0) is 2.00. The van der Waals surface area contributed by atoms with Gasteiger partial charge in [-0.1, -0.05) is 0 Å². The fraction of sp³-hybridized carbons (Fsp3) is 0. The van der Waals surface area contributed by atoms with Crippen LogP contribution in [0.3, 0.4) is 0 Å². The van der Waals surface area contributed by atoms with Crippen molar-refractivity contribution >= 4 is 87.1 Å². The molecule has 0 fully saturated rings. The third-order valence-corrected chi connectivity index (χ3v) is 0. The Morgan fingerprint density at radius 1 is 1.20 bits per heavy atom. The second kappa shape index (κ2) is 24.8. The van der Waals surface area contributed by atoms with Gasteiger partial charge in [-0.3, -0.25) is 0 Å². The van der Waals surface area contributed by atoms with Gasteiger partial charge in [0, 0.05) is 35.6 Å². The monoisotopic (exact) mass is 341 g/mol. The van der Waals surface area contributed by atoms with Crippen molar-refractivity contribution in [2.45, 2.75) is 0 Å². The summed E-state index contributed by atoms with van der Waals surface area (Å²) in [6.45, 7) is 0. The molecule has 0 rings (SSSR count). The molecule has 0 aliphatic rings. The van der Waals surface area contributed by atoms with E-state index in [1.165, 1.54) is 0 Å². The average Bonchev–Trinajstić information content (AvgIpc) is 1.00. The number of rotatable bonds is 0. The Bertz CT molecular complexity index is 11.6. The van der Waals surface area contributed by atoms with Crippen LogP contribution in [0, 0.1) is 35.6 Å². The predicted molar refractivity (Wildman–Crippen MR) is 24.9 cm³/mol. The van der Waals surface area contributed by atoms with Gasteiger partial charge < -0.3 is 0 Å². The molecular formula is H5GaLaMgOSr. The van der Waals surface area contributed by atoms with Crippen LogP contribution in [0.5, 0.6) is 0 Å². The minimum absolute atomic E-state index is 0. The number of hydrogen-bond donors (Lipinski definition) is 0. The molecule has 0 aromatic heterocycles. The van der Waals surface area contributed by atoms with Gasteiger partial charge in [-0.05, 0) is 0 Å². The molecule has 0 heterocycles. The Kier molecular flexibility index (Phi) is 115. The molecule has 5 heavy (non-hydrogen) atoms. The van der Waals surface area contributed by atoms with E-state index in [9.17, 15) is 0 Å². The second-order valence-electron chi connectivity index (χ2n) is 0. The first-order valence-corrected chi connectivity index (χ1v) is 1.50. The molecule has 0 saturated heterocycles. The molecule has 0 spiro atoms. The summed E-state index contributed by atoms with van der Waals surface area (Å²) in [7, 11) is 0. The van der Waals surface area contributed by atoms with Gasteiger partial charge in [0.1, 0.15) is 0 Å². The van der Waals surface area contributed by atoms with Crippen molar-refractivity contribution < 1.29 is 39.1 Å². The van der Waals surface area contributed by atoms with Gasteiger partial charge in [0.25, 0.3) is 0 Å². The summed E-state index contributed by atoms with van der Waals surface area (Å²) in [6, 6.07) is 0. The van der Waals surface area contributed by atoms with E-state index >= 15 is 0 Å². The van der Waals surface area contributed by atoms with Crippen LogP contribution in [0.25, 0.3) is 0 Å². The van der Waals surface area contributed by atoms with Crippen LogP contribution in [0.4, 0.5) is 0 Å².